The topological polar surface area (TPSA) is 52.0 Å². The van der Waals surface area contributed by atoms with Crippen LogP contribution in [0, 0.1) is 0 Å². The van der Waals surface area contributed by atoms with E-state index in [4.69, 9.17) is 0 Å². The van der Waals surface area contributed by atoms with Crippen LogP contribution in [0.1, 0.15) is 20.7 Å². The molecule has 0 radical (unpaired) electrons. The average Bonchev–Trinajstić information content (AvgIpc) is 2.96. The lowest BCUT2D eigenvalue weighted by Gasteiger charge is -2.07. The fraction of sp³-hybridized carbons (Fsp3) is 0.0556. The fourth-order valence-electron chi connectivity index (χ4n) is 2.45. The van der Waals surface area contributed by atoms with Gasteiger partial charge in [-0.25, -0.2) is 0 Å². The van der Waals surface area contributed by atoms with Crippen molar-refractivity contribution in [3.05, 3.63) is 65.9 Å². The van der Waals surface area contributed by atoms with E-state index in [1.165, 1.54) is 0 Å². The maximum atomic E-state index is 10.8. The zero-order valence-electron chi connectivity index (χ0n) is 12.1. The number of rotatable bonds is 4. The van der Waals surface area contributed by atoms with Gasteiger partial charge in [-0.1, -0.05) is 48.5 Å². The van der Waals surface area contributed by atoms with Crippen LogP contribution in [0.15, 0.2) is 54.7 Å². The highest BCUT2D eigenvalue weighted by Crippen LogP contribution is 2.31. The summed E-state index contributed by atoms with van der Waals surface area (Å²) >= 11 is 0. The van der Waals surface area contributed by atoms with E-state index in [-0.39, 0.29) is 0 Å². The fourth-order valence-corrected chi connectivity index (χ4v) is 2.45. The molecule has 0 aliphatic carbocycles. The molecule has 3 aromatic rings. The third kappa shape index (κ3) is 2.46. The minimum absolute atomic E-state index is 0.641. The van der Waals surface area contributed by atoms with E-state index in [2.05, 4.69) is 5.10 Å². The summed E-state index contributed by atoms with van der Waals surface area (Å²) in [7, 11) is 1.88. The van der Waals surface area contributed by atoms with Crippen molar-refractivity contribution >= 4 is 12.6 Å². The summed E-state index contributed by atoms with van der Waals surface area (Å²) in [5.41, 5.74) is 5.22. The lowest BCUT2D eigenvalue weighted by molar-refractivity contribution is 0.111. The molecule has 4 nitrogen and oxygen atoms in total. The van der Waals surface area contributed by atoms with Gasteiger partial charge in [-0.3, -0.25) is 14.3 Å². The van der Waals surface area contributed by atoms with Crippen LogP contribution in [0.4, 0.5) is 0 Å². The number of hydrogen-bond acceptors (Lipinski definition) is 3. The minimum Gasteiger partial charge on any atom is -0.298 e. The Hall–Kier alpha value is -3.01. The third-order valence-corrected chi connectivity index (χ3v) is 3.62. The van der Waals surface area contributed by atoms with E-state index in [1.807, 2.05) is 31.3 Å². The van der Waals surface area contributed by atoms with Crippen LogP contribution in [-0.4, -0.2) is 22.4 Å². The second-order valence-corrected chi connectivity index (χ2v) is 5.01. The van der Waals surface area contributed by atoms with Crippen molar-refractivity contribution in [3.63, 3.8) is 0 Å². The SMILES string of the molecule is Cn1ncc(-c2ccc(C=O)cc2)c1-c1ccc(C=O)cc1. The molecule has 0 aliphatic rings. The second-order valence-electron chi connectivity index (χ2n) is 5.01. The highest BCUT2D eigenvalue weighted by Gasteiger charge is 2.12. The van der Waals surface area contributed by atoms with Crippen molar-refractivity contribution < 1.29 is 9.59 Å². The minimum atomic E-state index is 0.641. The van der Waals surface area contributed by atoms with Gasteiger partial charge in [0.1, 0.15) is 12.6 Å². The monoisotopic (exact) mass is 290 g/mol. The number of carbonyl (C=O) groups is 2. The van der Waals surface area contributed by atoms with Crippen LogP contribution >= 0.6 is 0 Å². The predicted molar refractivity (Wildman–Crippen MR) is 84.9 cm³/mol. The zero-order chi connectivity index (χ0) is 15.5. The van der Waals surface area contributed by atoms with Crippen molar-refractivity contribution in [2.45, 2.75) is 0 Å². The van der Waals surface area contributed by atoms with Crippen LogP contribution < -0.4 is 0 Å². The van der Waals surface area contributed by atoms with Crippen LogP contribution in [0.25, 0.3) is 22.4 Å². The van der Waals surface area contributed by atoms with Gasteiger partial charge in [0.25, 0.3) is 0 Å². The van der Waals surface area contributed by atoms with Crippen LogP contribution in [0.2, 0.25) is 0 Å². The number of carbonyl (C=O) groups excluding carboxylic acids is 2. The number of nitrogens with zero attached hydrogens (tertiary/aromatic N) is 2. The van der Waals surface area contributed by atoms with E-state index in [0.717, 1.165) is 35.0 Å². The molecule has 0 atom stereocenters. The number of aryl methyl sites for hydroxylation is 1. The number of benzene rings is 2. The summed E-state index contributed by atoms with van der Waals surface area (Å²) in [5, 5.41) is 4.33. The Kier molecular flexibility index (Phi) is 3.66. The first-order valence-electron chi connectivity index (χ1n) is 6.86. The molecular weight excluding hydrogens is 276 g/mol. The van der Waals surface area contributed by atoms with Crippen LogP contribution in [0.3, 0.4) is 0 Å². The first-order chi connectivity index (χ1) is 10.7. The molecule has 0 aliphatic heterocycles. The molecule has 1 heterocycles. The average molecular weight is 290 g/mol. The van der Waals surface area contributed by atoms with Gasteiger partial charge >= 0.3 is 0 Å². The standard InChI is InChI=1S/C18H14N2O2/c1-20-18(16-8-4-14(12-22)5-9-16)17(10-19-20)15-6-2-13(11-21)3-7-15/h2-12H,1H3. The molecule has 0 saturated carbocycles. The predicted octanol–water partition coefficient (Wildman–Crippen LogP) is 3.38. The zero-order valence-corrected chi connectivity index (χ0v) is 12.1. The Morgan fingerprint density at radius 3 is 1.82 bits per heavy atom. The molecule has 0 amide bonds. The third-order valence-electron chi connectivity index (χ3n) is 3.62. The highest BCUT2D eigenvalue weighted by atomic mass is 16.1. The molecule has 0 N–H and O–H groups in total. The van der Waals surface area contributed by atoms with Gasteiger partial charge in [0.15, 0.2) is 0 Å². The largest absolute Gasteiger partial charge is 0.298 e. The van der Waals surface area contributed by atoms with Gasteiger partial charge in [-0.2, -0.15) is 5.10 Å². The Morgan fingerprint density at radius 2 is 1.32 bits per heavy atom. The van der Waals surface area contributed by atoms with Crippen molar-refractivity contribution in [2.75, 3.05) is 0 Å². The summed E-state index contributed by atoms with van der Waals surface area (Å²) in [4.78, 5) is 21.5. The molecule has 0 spiro atoms. The molecule has 108 valence electrons. The summed E-state index contributed by atoms with van der Waals surface area (Å²) in [5.74, 6) is 0. The van der Waals surface area contributed by atoms with E-state index in [9.17, 15) is 9.59 Å². The van der Waals surface area contributed by atoms with Crippen molar-refractivity contribution in [1.29, 1.82) is 0 Å². The Labute approximate surface area is 128 Å². The Bertz CT molecular complexity index is 815. The summed E-state index contributed by atoms with van der Waals surface area (Å²) in [6.45, 7) is 0. The van der Waals surface area contributed by atoms with E-state index < -0.39 is 0 Å². The first kappa shape index (κ1) is 13.9. The van der Waals surface area contributed by atoms with Crippen molar-refractivity contribution in [2.24, 2.45) is 7.05 Å². The molecular formula is C18H14N2O2. The maximum Gasteiger partial charge on any atom is 0.150 e. The smallest absolute Gasteiger partial charge is 0.150 e. The normalized spacial score (nSPS) is 10.4. The van der Waals surface area contributed by atoms with E-state index in [0.29, 0.717) is 11.1 Å². The molecule has 0 bridgehead atoms. The van der Waals surface area contributed by atoms with Gasteiger partial charge in [0, 0.05) is 29.3 Å². The first-order valence-corrected chi connectivity index (χ1v) is 6.86. The van der Waals surface area contributed by atoms with Crippen LogP contribution in [0.5, 0.6) is 0 Å². The molecule has 3 rings (SSSR count). The molecule has 4 heteroatoms. The highest BCUT2D eigenvalue weighted by molar-refractivity contribution is 5.84. The van der Waals surface area contributed by atoms with Gasteiger partial charge < -0.3 is 0 Å². The second kappa shape index (κ2) is 5.77. The maximum absolute atomic E-state index is 10.8. The molecule has 0 fully saturated rings. The van der Waals surface area contributed by atoms with Crippen LogP contribution in [-0.2, 0) is 7.05 Å². The van der Waals surface area contributed by atoms with Gasteiger partial charge in [-0.05, 0) is 5.56 Å². The van der Waals surface area contributed by atoms with Crippen molar-refractivity contribution in [3.8, 4) is 22.4 Å². The van der Waals surface area contributed by atoms with E-state index >= 15 is 0 Å². The van der Waals surface area contributed by atoms with Crippen molar-refractivity contribution in [1.82, 2.24) is 9.78 Å². The van der Waals surface area contributed by atoms with Gasteiger partial charge in [-0.15, -0.1) is 0 Å². The number of hydrogen-bond donors (Lipinski definition) is 0. The molecule has 1 aromatic heterocycles. The summed E-state index contributed by atoms with van der Waals surface area (Å²) < 4.78 is 1.80. The molecule has 0 saturated heterocycles. The molecule has 2 aromatic carbocycles. The lowest BCUT2D eigenvalue weighted by atomic mass is 10.00. The van der Waals surface area contributed by atoms with Gasteiger partial charge in [0.2, 0.25) is 0 Å². The van der Waals surface area contributed by atoms with Gasteiger partial charge in [0.05, 0.1) is 11.9 Å². The lowest BCUT2D eigenvalue weighted by Crippen LogP contribution is -1.95. The molecule has 22 heavy (non-hydrogen) atoms. The number of aldehydes is 2. The molecule has 0 unspecified atom stereocenters. The summed E-state index contributed by atoms with van der Waals surface area (Å²) in [6.07, 6.45) is 3.46. The quantitative estimate of drug-likeness (QED) is 0.692. The Morgan fingerprint density at radius 1 is 0.818 bits per heavy atom. The summed E-state index contributed by atoms with van der Waals surface area (Å²) in [6, 6.07) is 14.8. The Balaban J connectivity index is 2.09. The number of aromatic nitrogens is 2. The van der Waals surface area contributed by atoms with E-state index in [1.54, 1.807) is 35.1 Å².